The average molecular weight is 339 g/mol. The van der Waals surface area contributed by atoms with Crippen molar-refractivity contribution in [2.75, 3.05) is 24.2 Å². The Kier molecular flexibility index (Phi) is 4.92. The summed E-state index contributed by atoms with van der Waals surface area (Å²) >= 11 is 0. The number of carbonyl (C=O) groups excluding carboxylic acids is 2. The largest absolute Gasteiger partial charge is 0.373 e. The van der Waals surface area contributed by atoms with E-state index < -0.39 is 0 Å². The maximum atomic E-state index is 13.0. The van der Waals surface area contributed by atoms with Crippen molar-refractivity contribution in [2.45, 2.75) is 25.8 Å². The highest BCUT2D eigenvalue weighted by Crippen LogP contribution is 2.33. The fourth-order valence-electron chi connectivity index (χ4n) is 3.13. The van der Waals surface area contributed by atoms with E-state index in [1.807, 2.05) is 24.1 Å². The third-order valence-corrected chi connectivity index (χ3v) is 4.25. The van der Waals surface area contributed by atoms with E-state index in [1.54, 1.807) is 18.3 Å². The van der Waals surface area contributed by atoms with E-state index in [4.69, 9.17) is 0 Å². The van der Waals surface area contributed by atoms with Crippen LogP contribution in [0.1, 0.15) is 41.7 Å². The summed E-state index contributed by atoms with van der Waals surface area (Å²) in [5.41, 5.74) is 1.59. The van der Waals surface area contributed by atoms with Gasteiger partial charge in [0.2, 0.25) is 5.91 Å². The van der Waals surface area contributed by atoms with Gasteiger partial charge in [-0.15, -0.1) is 0 Å². The molecule has 0 unspecified atom stereocenters. The van der Waals surface area contributed by atoms with Crippen molar-refractivity contribution in [2.24, 2.45) is 0 Å². The van der Waals surface area contributed by atoms with Crippen molar-refractivity contribution in [1.29, 1.82) is 0 Å². The number of nitrogens with one attached hydrogen (secondary N) is 2. The predicted octanol–water partition coefficient (Wildman–Crippen LogP) is 2.45. The van der Waals surface area contributed by atoms with Crippen molar-refractivity contribution in [3.63, 3.8) is 0 Å². The minimum atomic E-state index is -0.215. The second-order valence-corrected chi connectivity index (χ2v) is 5.99. The molecule has 7 nitrogen and oxygen atoms in total. The smallest absolute Gasteiger partial charge is 0.254 e. The molecule has 2 amide bonds. The molecule has 2 N–H and O–H groups in total. The molecule has 1 aliphatic heterocycles. The number of hydrogen-bond acceptors (Lipinski definition) is 5. The van der Waals surface area contributed by atoms with Crippen molar-refractivity contribution in [1.82, 2.24) is 14.9 Å². The number of pyridine rings is 2. The predicted molar refractivity (Wildman–Crippen MR) is 95.3 cm³/mol. The van der Waals surface area contributed by atoms with Gasteiger partial charge in [0, 0.05) is 38.5 Å². The Balaban J connectivity index is 1.84. The highest BCUT2D eigenvalue weighted by Gasteiger charge is 2.31. The Morgan fingerprint density at radius 1 is 1.16 bits per heavy atom. The molecule has 130 valence electrons. The van der Waals surface area contributed by atoms with E-state index in [2.05, 4.69) is 20.6 Å². The topological polar surface area (TPSA) is 87.2 Å². The van der Waals surface area contributed by atoms with E-state index >= 15 is 0 Å². The van der Waals surface area contributed by atoms with Gasteiger partial charge in [-0.3, -0.25) is 9.59 Å². The van der Waals surface area contributed by atoms with Gasteiger partial charge < -0.3 is 15.5 Å². The number of likely N-dealkylation sites (tertiary alicyclic amines) is 1. The molecule has 2 aromatic heterocycles. The van der Waals surface area contributed by atoms with Crippen LogP contribution in [0.2, 0.25) is 0 Å². The molecule has 1 saturated heterocycles. The van der Waals surface area contributed by atoms with Crippen LogP contribution in [0.3, 0.4) is 0 Å². The van der Waals surface area contributed by atoms with Crippen molar-refractivity contribution >= 4 is 23.5 Å². The summed E-state index contributed by atoms with van der Waals surface area (Å²) in [6, 6.07) is 7.25. The van der Waals surface area contributed by atoms with E-state index in [0.717, 1.165) is 24.2 Å². The first-order valence-corrected chi connectivity index (χ1v) is 8.27. The van der Waals surface area contributed by atoms with E-state index in [-0.39, 0.29) is 17.9 Å². The minimum absolute atomic E-state index is 0.0278. The van der Waals surface area contributed by atoms with Gasteiger partial charge in [0.15, 0.2) is 0 Å². The number of amides is 2. The summed E-state index contributed by atoms with van der Waals surface area (Å²) in [6.45, 7) is 2.12. The molecule has 25 heavy (non-hydrogen) atoms. The van der Waals surface area contributed by atoms with Gasteiger partial charge in [0.05, 0.1) is 6.04 Å². The van der Waals surface area contributed by atoms with Crippen LogP contribution in [0.15, 0.2) is 36.7 Å². The number of carbonyl (C=O) groups is 2. The number of nitrogens with zero attached hydrogens (tertiary/aromatic N) is 3. The lowest BCUT2D eigenvalue weighted by Gasteiger charge is -2.25. The summed E-state index contributed by atoms with van der Waals surface area (Å²) < 4.78 is 0. The van der Waals surface area contributed by atoms with Crippen LogP contribution in [0, 0.1) is 0 Å². The zero-order valence-corrected chi connectivity index (χ0v) is 14.3. The number of hydrogen-bond donors (Lipinski definition) is 2. The summed E-state index contributed by atoms with van der Waals surface area (Å²) in [4.78, 5) is 34.3. The van der Waals surface area contributed by atoms with Crippen molar-refractivity contribution in [3.8, 4) is 0 Å². The number of rotatable bonds is 4. The molecule has 0 aliphatic carbocycles. The summed E-state index contributed by atoms with van der Waals surface area (Å²) in [5, 5.41) is 5.64. The standard InChI is InChI=1S/C18H21N5O2/c1-12(24)22-17-11-14(6-8-21-17)18(25)23-9-3-4-15(23)13-5-7-20-16(10-13)19-2/h5-8,10-11,15H,3-4,9H2,1-2H3,(H,19,20)(H,21,22,24)/t15-/m0/s1. The SMILES string of the molecule is CNc1cc([C@@H]2CCCN2C(=O)c2ccnc(NC(C)=O)c2)ccn1. The molecule has 1 aliphatic rings. The Bertz CT molecular complexity index is 793. The molecule has 2 aromatic rings. The maximum Gasteiger partial charge on any atom is 0.254 e. The van der Waals surface area contributed by atoms with Crippen LogP contribution >= 0.6 is 0 Å². The third-order valence-electron chi connectivity index (χ3n) is 4.25. The lowest BCUT2D eigenvalue weighted by Crippen LogP contribution is -2.30. The third kappa shape index (κ3) is 3.76. The van der Waals surface area contributed by atoms with Gasteiger partial charge in [-0.2, -0.15) is 0 Å². The molecule has 0 radical (unpaired) electrons. The fraction of sp³-hybridized carbons (Fsp3) is 0.333. The molecular weight excluding hydrogens is 318 g/mol. The van der Waals surface area contributed by atoms with Gasteiger partial charge >= 0.3 is 0 Å². The maximum absolute atomic E-state index is 13.0. The van der Waals surface area contributed by atoms with E-state index in [0.29, 0.717) is 17.9 Å². The first kappa shape index (κ1) is 16.9. The van der Waals surface area contributed by atoms with Crippen LogP contribution < -0.4 is 10.6 Å². The molecule has 1 fully saturated rings. The quantitative estimate of drug-likeness (QED) is 0.893. The van der Waals surface area contributed by atoms with Crippen molar-refractivity contribution < 1.29 is 9.59 Å². The van der Waals surface area contributed by atoms with Crippen LogP contribution in [0.25, 0.3) is 0 Å². The second-order valence-electron chi connectivity index (χ2n) is 5.99. The van der Waals surface area contributed by atoms with Gasteiger partial charge in [0.25, 0.3) is 5.91 Å². The van der Waals surface area contributed by atoms with Crippen LogP contribution in [-0.2, 0) is 4.79 Å². The average Bonchev–Trinajstić information content (AvgIpc) is 3.10. The second kappa shape index (κ2) is 7.29. The Labute approximate surface area is 146 Å². The first-order valence-electron chi connectivity index (χ1n) is 8.27. The van der Waals surface area contributed by atoms with Gasteiger partial charge in [-0.25, -0.2) is 9.97 Å². The molecule has 7 heteroatoms. The van der Waals surface area contributed by atoms with Crippen LogP contribution in [-0.4, -0.2) is 40.3 Å². The van der Waals surface area contributed by atoms with Crippen LogP contribution in [0.4, 0.5) is 11.6 Å². The van der Waals surface area contributed by atoms with E-state index in [9.17, 15) is 9.59 Å². The molecule has 0 bridgehead atoms. The van der Waals surface area contributed by atoms with Crippen molar-refractivity contribution in [3.05, 3.63) is 47.8 Å². The van der Waals surface area contributed by atoms with Gasteiger partial charge in [-0.1, -0.05) is 0 Å². The molecule has 3 heterocycles. The highest BCUT2D eigenvalue weighted by atomic mass is 16.2. The van der Waals surface area contributed by atoms with Gasteiger partial charge in [-0.05, 0) is 42.7 Å². The summed E-state index contributed by atoms with van der Waals surface area (Å²) in [5.74, 6) is 0.899. The minimum Gasteiger partial charge on any atom is -0.373 e. The van der Waals surface area contributed by atoms with Crippen LogP contribution in [0.5, 0.6) is 0 Å². The molecule has 0 saturated carbocycles. The highest BCUT2D eigenvalue weighted by molar-refractivity contribution is 5.96. The molecule has 0 spiro atoms. The summed E-state index contributed by atoms with van der Waals surface area (Å²) in [7, 11) is 1.82. The normalized spacial score (nSPS) is 16.6. The lowest BCUT2D eigenvalue weighted by molar-refractivity contribution is -0.114. The molecule has 3 rings (SSSR count). The number of aromatic nitrogens is 2. The molecular formula is C18H21N5O2. The fourth-order valence-corrected chi connectivity index (χ4v) is 3.13. The zero-order chi connectivity index (χ0) is 17.8. The molecule has 1 atom stereocenters. The van der Waals surface area contributed by atoms with E-state index in [1.165, 1.54) is 13.1 Å². The van der Waals surface area contributed by atoms with Gasteiger partial charge in [0.1, 0.15) is 11.6 Å². The first-order chi connectivity index (χ1) is 12.1. The number of anilines is 2. The lowest BCUT2D eigenvalue weighted by atomic mass is 10.1. The zero-order valence-electron chi connectivity index (χ0n) is 14.3. The monoisotopic (exact) mass is 339 g/mol. The Hall–Kier alpha value is -2.96. The molecule has 0 aromatic carbocycles. The Morgan fingerprint density at radius 2 is 1.92 bits per heavy atom. The Morgan fingerprint density at radius 3 is 2.68 bits per heavy atom. The summed E-state index contributed by atoms with van der Waals surface area (Å²) in [6.07, 6.45) is 5.17.